The average molecular weight is 516 g/mol. The Hall–Kier alpha value is -4.62. The SMILES string of the molecule is CC1=C(c2ccccc2C)C=C(N(c2ccc3ccccc3c2)c2c(C)c3ccccc3c3ccccc23)CC1. The highest BCUT2D eigenvalue weighted by Crippen LogP contribution is 2.46. The number of fused-ring (bicyclic) bond motifs is 4. The smallest absolute Gasteiger partial charge is 0.0572 e. The van der Waals surface area contributed by atoms with Gasteiger partial charge in [-0.2, -0.15) is 0 Å². The molecule has 6 aromatic carbocycles. The zero-order valence-corrected chi connectivity index (χ0v) is 23.4. The molecule has 0 fully saturated rings. The van der Waals surface area contributed by atoms with Crippen molar-refractivity contribution in [3.05, 3.63) is 149 Å². The molecule has 0 heterocycles. The molecule has 194 valence electrons. The van der Waals surface area contributed by atoms with E-state index in [1.165, 1.54) is 77.2 Å². The summed E-state index contributed by atoms with van der Waals surface area (Å²) in [5.74, 6) is 0. The van der Waals surface area contributed by atoms with Crippen LogP contribution < -0.4 is 4.90 Å². The van der Waals surface area contributed by atoms with E-state index in [1.807, 2.05) is 0 Å². The van der Waals surface area contributed by atoms with Crippen molar-refractivity contribution in [1.82, 2.24) is 0 Å². The van der Waals surface area contributed by atoms with Crippen LogP contribution in [0.15, 0.2) is 133 Å². The molecule has 0 unspecified atom stereocenters. The first-order valence-electron chi connectivity index (χ1n) is 14.3. The van der Waals surface area contributed by atoms with Gasteiger partial charge in [-0.25, -0.2) is 0 Å². The Morgan fingerprint density at radius 3 is 1.95 bits per heavy atom. The first kappa shape index (κ1) is 24.4. The minimum Gasteiger partial charge on any atom is -0.313 e. The van der Waals surface area contributed by atoms with E-state index >= 15 is 0 Å². The third-order valence-electron chi connectivity index (χ3n) is 8.62. The van der Waals surface area contributed by atoms with Crippen LogP contribution in [0, 0.1) is 13.8 Å². The lowest BCUT2D eigenvalue weighted by Crippen LogP contribution is -2.20. The molecule has 1 aliphatic carbocycles. The fourth-order valence-electron chi connectivity index (χ4n) is 6.51. The number of hydrogen-bond acceptors (Lipinski definition) is 1. The maximum absolute atomic E-state index is 2.56. The van der Waals surface area contributed by atoms with Crippen molar-refractivity contribution in [1.29, 1.82) is 0 Å². The largest absolute Gasteiger partial charge is 0.313 e. The molecule has 0 atom stereocenters. The summed E-state index contributed by atoms with van der Waals surface area (Å²) in [7, 11) is 0. The van der Waals surface area contributed by atoms with E-state index in [2.05, 4.69) is 147 Å². The van der Waals surface area contributed by atoms with Gasteiger partial charge in [-0.15, -0.1) is 0 Å². The second-order valence-electron chi connectivity index (χ2n) is 11.1. The van der Waals surface area contributed by atoms with E-state index in [-0.39, 0.29) is 0 Å². The molecule has 0 aliphatic heterocycles. The average Bonchev–Trinajstić information content (AvgIpc) is 3.00. The monoisotopic (exact) mass is 515 g/mol. The summed E-state index contributed by atoms with van der Waals surface area (Å²) in [5.41, 5.74) is 10.6. The minimum absolute atomic E-state index is 0.995. The van der Waals surface area contributed by atoms with Gasteiger partial charge >= 0.3 is 0 Å². The molecule has 6 aromatic rings. The third-order valence-corrected chi connectivity index (χ3v) is 8.62. The van der Waals surface area contributed by atoms with Gasteiger partial charge in [0.1, 0.15) is 0 Å². The van der Waals surface area contributed by atoms with Crippen LogP contribution in [0.3, 0.4) is 0 Å². The molecule has 0 radical (unpaired) electrons. The molecule has 0 saturated heterocycles. The number of rotatable bonds is 4. The first-order valence-corrected chi connectivity index (χ1v) is 14.3. The van der Waals surface area contributed by atoms with Crippen LogP contribution in [0.25, 0.3) is 37.9 Å². The number of allylic oxidation sites excluding steroid dienone is 4. The summed E-state index contributed by atoms with van der Waals surface area (Å²) >= 11 is 0. The molecule has 40 heavy (non-hydrogen) atoms. The lowest BCUT2D eigenvalue weighted by Gasteiger charge is -2.34. The van der Waals surface area contributed by atoms with Crippen LogP contribution in [-0.4, -0.2) is 0 Å². The normalized spacial score (nSPS) is 13.7. The Bertz CT molecular complexity index is 1990. The minimum atomic E-state index is 0.995. The molecule has 0 saturated carbocycles. The predicted octanol–water partition coefficient (Wildman–Crippen LogP) is 11.1. The van der Waals surface area contributed by atoms with E-state index in [0.29, 0.717) is 0 Å². The van der Waals surface area contributed by atoms with Crippen molar-refractivity contribution in [2.75, 3.05) is 4.90 Å². The van der Waals surface area contributed by atoms with Gasteiger partial charge in [0.05, 0.1) is 5.69 Å². The lowest BCUT2D eigenvalue weighted by atomic mass is 9.88. The predicted molar refractivity (Wildman–Crippen MR) is 173 cm³/mol. The lowest BCUT2D eigenvalue weighted by molar-refractivity contribution is 0.880. The molecule has 0 bridgehead atoms. The van der Waals surface area contributed by atoms with Crippen LogP contribution in [0.1, 0.15) is 36.5 Å². The van der Waals surface area contributed by atoms with Gasteiger partial charge in [0.15, 0.2) is 0 Å². The van der Waals surface area contributed by atoms with Crippen LogP contribution in [0.2, 0.25) is 0 Å². The van der Waals surface area contributed by atoms with E-state index in [4.69, 9.17) is 0 Å². The summed E-state index contributed by atoms with van der Waals surface area (Å²) < 4.78 is 0. The molecule has 1 aliphatic rings. The summed E-state index contributed by atoms with van der Waals surface area (Å²) in [4.78, 5) is 2.56. The van der Waals surface area contributed by atoms with Gasteiger partial charge in [-0.3, -0.25) is 0 Å². The van der Waals surface area contributed by atoms with Crippen LogP contribution >= 0.6 is 0 Å². The highest BCUT2D eigenvalue weighted by molar-refractivity contribution is 6.16. The number of benzene rings is 6. The van der Waals surface area contributed by atoms with Gasteiger partial charge in [-0.05, 0) is 101 Å². The van der Waals surface area contributed by atoms with E-state index in [1.54, 1.807) is 0 Å². The standard InChI is InChI=1S/C39H33N/c1-26-12-4-7-15-33(26)38-25-32(22-20-27(38)2)40(31-23-21-29-13-5-6-14-30(29)24-31)39-28(3)34-16-8-9-17-35(34)36-18-10-11-19-37(36)39/h4-19,21,23-25H,20,22H2,1-3H3. The quantitative estimate of drug-likeness (QED) is 0.211. The Balaban J connectivity index is 1.55. The summed E-state index contributed by atoms with van der Waals surface area (Å²) in [6.07, 6.45) is 4.50. The van der Waals surface area contributed by atoms with Crippen molar-refractivity contribution < 1.29 is 0 Å². The number of nitrogens with zero attached hydrogens (tertiary/aromatic N) is 1. The number of hydrogen-bond donors (Lipinski definition) is 0. The van der Waals surface area contributed by atoms with Crippen LogP contribution in [0.5, 0.6) is 0 Å². The Labute approximate surface area is 236 Å². The number of anilines is 2. The molecular weight excluding hydrogens is 482 g/mol. The first-order chi connectivity index (χ1) is 19.6. The maximum atomic E-state index is 2.56. The summed E-state index contributed by atoms with van der Waals surface area (Å²) in [5, 5.41) is 7.73. The van der Waals surface area contributed by atoms with Crippen molar-refractivity contribution in [3.8, 4) is 0 Å². The van der Waals surface area contributed by atoms with Crippen molar-refractivity contribution in [3.63, 3.8) is 0 Å². The topological polar surface area (TPSA) is 3.24 Å². The van der Waals surface area contributed by atoms with Gasteiger partial charge < -0.3 is 4.90 Å². The second kappa shape index (κ2) is 9.84. The van der Waals surface area contributed by atoms with Gasteiger partial charge in [-0.1, -0.05) is 109 Å². The van der Waals surface area contributed by atoms with Gasteiger partial charge in [0.25, 0.3) is 0 Å². The molecular formula is C39H33N. The number of aryl methyl sites for hydroxylation is 2. The molecule has 7 rings (SSSR count). The molecule has 1 nitrogen and oxygen atoms in total. The highest BCUT2D eigenvalue weighted by Gasteiger charge is 2.25. The molecule has 0 aromatic heterocycles. The molecule has 0 amide bonds. The Morgan fingerprint density at radius 1 is 0.550 bits per heavy atom. The summed E-state index contributed by atoms with van der Waals surface area (Å²) in [6, 6.07) is 42.1. The zero-order chi connectivity index (χ0) is 27.2. The highest BCUT2D eigenvalue weighted by atomic mass is 15.2. The van der Waals surface area contributed by atoms with E-state index < -0.39 is 0 Å². The van der Waals surface area contributed by atoms with Crippen molar-refractivity contribution in [2.45, 2.75) is 33.6 Å². The fourth-order valence-corrected chi connectivity index (χ4v) is 6.51. The van der Waals surface area contributed by atoms with Gasteiger partial charge in [0.2, 0.25) is 0 Å². The van der Waals surface area contributed by atoms with Crippen LogP contribution in [0.4, 0.5) is 11.4 Å². The maximum Gasteiger partial charge on any atom is 0.0572 e. The zero-order valence-electron chi connectivity index (χ0n) is 23.4. The molecule has 0 spiro atoms. The van der Waals surface area contributed by atoms with E-state index in [0.717, 1.165) is 12.8 Å². The summed E-state index contributed by atoms with van der Waals surface area (Å²) in [6.45, 7) is 6.82. The van der Waals surface area contributed by atoms with Crippen LogP contribution in [-0.2, 0) is 0 Å². The fraction of sp³-hybridized carbons (Fsp3) is 0.128. The molecule has 1 heteroatoms. The Morgan fingerprint density at radius 2 is 1.18 bits per heavy atom. The Kier molecular flexibility index (Phi) is 6.01. The third kappa shape index (κ3) is 4.01. The van der Waals surface area contributed by atoms with Gasteiger partial charge in [0, 0.05) is 16.8 Å². The van der Waals surface area contributed by atoms with Crippen molar-refractivity contribution in [2.24, 2.45) is 0 Å². The molecule has 0 N–H and O–H groups in total. The second-order valence-corrected chi connectivity index (χ2v) is 11.1. The van der Waals surface area contributed by atoms with Crippen molar-refractivity contribution >= 4 is 49.3 Å². The van der Waals surface area contributed by atoms with E-state index in [9.17, 15) is 0 Å².